The summed E-state index contributed by atoms with van der Waals surface area (Å²) in [7, 11) is 0. The number of rotatable bonds is 8. The first kappa shape index (κ1) is 27.8. The number of benzene rings is 2. The second kappa shape index (κ2) is 12.7. The summed E-state index contributed by atoms with van der Waals surface area (Å²) in [6, 6.07) is 18.6. The monoisotopic (exact) mass is 576 g/mol. The number of nitrogens with zero attached hydrogens (tertiary/aromatic N) is 5. The molecule has 1 aliphatic heterocycles. The molecule has 0 bridgehead atoms. The van der Waals surface area contributed by atoms with Crippen LogP contribution in [-0.2, 0) is 11.3 Å². The molecule has 12 heteroatoms. The third-order valence-electron chi connectivity index (χ3n) is 7.74. The Kier molecular flexibility index (Phi) is 8.40. The minimum atomic E-state index is -2.77. The number of halogens is 2. The van der Waals surface area contributed by atoms with Crippen LogP contribution < -0.4 is 20.9 Å². The number of ether oxygens (including phenoxy) is 1. The maximum atomic E-state index is 14.1. The van der Waals surface area contributed by atoms with Crippen molar-refractivity contribution in [2.45, 2.75) is 50.7 Å². The number of imidazole rings is 1. The highest BCUT2D eigenvalue weighted by molar-refractivity contribution is 5.78. The Morgan fingerprint density at radius 1 is 0.905 bits per heavy atom. The predicted octanol–water partition coefficient (Wildman–Crippen LogP) is 4.81. The van der Waals surface area contributed by atoms with Gasteiger partial charge in [-0.2, -0.15) is 9.97 Å². The molecule has 4 aromatic rings. The maximum Gasteiger partial charge on any atom is 0.315 e. The van der Waals surface area contributed by atoms with Gasteiger partial charge in [-0.1, -0.05) is 42.5 Å². The highest BCUT2D eigenvalue weighted by atomic mass is 19.3. The van der Waals surface area contributed by atoms with Crippen molar-refractivity contribution in [2.75, 3.05) is 36.5 Å². The summed E-state index contributed by atoms with van der Waals surface area (Å²) >= 11 is 0. The number of hydrogen-bond donors (Lipinski definition) is 3. The Morgan fingerprint density at radius 3 is 2.36 bits per heavy atom. The fraction of sp³-hybridized carbons (Fsp3) is 0.400. The summed E-state index contributed by atoms with van der Waals surface area (Å²) in [4.78, 5) is 28.2. The van der Waals surface area contributed by atoms with E-state index in [0.717, 1.165) is 31.2 Å². The fourth-order valence-corrected chi connectivity index (χ4v) is 5.57. The van der Waals surface area contributed by atoms with Gasteiger partial charge in [-0.3, -0.25) is 4.57 Å². The molecule has 6 rings (SSSR count). The Morgan fingerprint density at radius 2 is 1.60 bits per heavy atom. The molecule has 0 radical (unpaired) electrons. The molecule has 220 valence electrons. The molecule has 1 saturated heterocycles. The molecule has 2 amide bonds. The van der Waals surface area contributed by atoms with E-state index in [4.69, 9.17) is 14.7 Å². The average molecular weight is 577 g/mol. The van der Waals surface area contributed by atoms with E-state index in [2.05, 4.69) is 25.8 Å². The number of carbonyl (C=O) groups excluding carboxylic acids is 1. The Hall–Kier alpha value is -4.32. The van der Waals surface area contributed by atoms with E-state index in [9.17, 15) is 13.6 Å². The summed E-state index contributed by atoms with van der Waals surface area (Å²) in [5.74, 6) is 1.01. The van der Waals surface area contributed by atoms with Crippen LogP contribution >= 0.6 is 0 Å². The summed E-state index contributed by atoms with van der Waals surface area (Å²) in [5, 5.41) is 9.45. The van der Waals surface area contributed by atoms with Crippen LogP contribution in [0, 0.1) is 0 Å². The number of fused-ring (bicyclic) bond motifs is 1. The second-order valence-electron chi connectivity index (χ2n) is 10.6. The van der Waals surface area contributed by atoms with Crippen molar-refractivity contribution in [3.05, 3.63) is 72.1 Å². The van der Waals surface area contributed by atoms with Crippen LogP contribution in [0.1, 0.15) is 43.5 Å². The first-order valence-corrected chi connectivity index (χ1v) is 14.4. The van der Waals surface area contributed by atoms with Crippen LogP contribution in [0.4, 0.5) is 25.3 Å². The van der Waals surface area contributed by atoms with Crippen LogP contribution in [0.15, 0.2) is 60.7 Å². The molecule has 2 aliphatic rings. The Labute approximate surface area is 242 Å². The predicted molar refractivity (Wildman–Crippen MR) is 156 cm³/mol. The van der Waals surface area contributed by atoms with E-state index in [1.165, 1.54) is 4.57 Å². The highest BCUT2D eigenvalue weighted by Crippen LogP contribution is 2.30. The van der Waals surface area contributed by atoms with Crippen LogP contribution in [0.2, 0.25) is 0 Å². The van der Waals surface area contributed by atoms with Gasteiger partial charge in [0.2, 0.25) is 5.95 Å². The molecule has 2 fully saturated rings. The standard InChI is InChI=1S/C30H34F2N8O2/c31-27(32)28-36-23-8-4-5-9-24(23)40(28)26-18-25(39-14-16-42-17-15-39)37-29(38-26)34-21-10-12-22(13-11-21)35-30(41)33-19-20-6-2-1-3-7-20/h1-9,18,21-22,27H,10-17,19H2,(H2,33,35,41)(H,34,37,38). The van der Waals surface area contributed by atoms with Crippen molar-refractivity contribution in [3.8, 4) is 5.82 Å². The minimum Gasteiger partial charge on any atom is -0.378 e. The molecule has 1 aliphatic carbocycles. The van der Waals surface area contributed by atoms with Crippen molar-refractivity contribution >= 4 is 28.8 Å². The number of hydrogen-bond acceptors (Lipinski definition) is 7. The van der Waals surface area contributed by atoms with Crippen molar-refractivity contribution < 1.29 is 18.3 Å². The first-order chi connectivity index (χ1) is 20.5. The lowest BCUT2D eigenvalue weighted by Crippen LogP contribution is -2.44. The highest BCUT2D eigenvalue weighted by Gasteiger charge is 2.26. The molecule has 0 atom stereocenters. The molecule has 42 heavy (non-hydrogen) atoms. The molecule has 1 saturated carbocycles. The number of anilines is 2. The minimum absolute atomic E-state index is 0.0703. The summed E-state index contributed by atoms with van der Waals surface area (Å²) in [6.45, 7) is 2.89. The van der Waals surface area contributed by atoms with Crippen molar-refractivity contribution in [1.29, 1.82) is 0 Å². The zero-order valence-corrected chi connectivity index (χ0v) is 23.2. The van der Waals surface area contributed by atoms with Crippen molar-refractivity contribution in [3.63, 3.8) is 0 Å². The third kappa shape index (κ3) is 6.43. The van der Waals surface area contributed by atoms with E-state index in [1.54, 1.807) is 30.3 Å². The number of carbonyl (C=O) groups is 1. The van der Waals surface area contributed by atoms with Gasteiger partial charge in [-0.25, -0.2) is 18.6 Å². The zero-order chi connectivity index (χ0) is 28.9. The smallest absolute Gasteiger partial charge is 0.315 e. The number of morpholine rings is 1. The molecule has 3 heterocycles. The lowest BCUT2D eigenvalue weighted by atomic mass is 9.91. The molecule has 10 nitrogen and oxygen atoms in total. The average Bonchev–Trinajstić information content (AvgIpc) is 3.42. The fourth-order valence-electron chi connectivity index (χ4n) is 5.57. The normalized spacial score (nSPS) is 19.2. The maximum absolute atomic E-state index is 14.1. The van der Waals surface area contributed by atoms with E-state index >= 15 is 0 Å². The van der Waals surface area contributed by atoms with Crippen LogP contribution in [-0.4, -0.2) is 63.9 Å². The topological polar surface area (TPSA) is 109 Å². The van der Waals surface area contributed by atoms with Gasteiger partial charge in [0.1, 0.15) is 11.6 Å². The van der Waals surface area contributed by atoms with E-state index in [1.807, 2.05) is 30.3 Å². The second-order valence-corrected chi connectivity index (χ2v) is 10.6. The molecule has 0 unspecified atom stereocenters. The quantitative estimate of drug-likeness (QED) is 0.276. The van der Waals surface area contributed by atoms with Crippen LogP contribution in [0.3, 0.4) is 0 Å². The van der Waals surface area contributed by atoms with Gasteiger partial charge in [-0.15, -0.1) is 0 Å². The SMILES string of the molecule is O=C(NCc1ccccc1)NC1CCC(Nc2nc(N3CCOCC3)cc(-n3c(C(F)F)nc4ccccc43)n2)CC1. The number of para-hydroxylation sites is 2. The molecular formula is C30H34F2N8O2. The van der Waals surface area contributed by atoms with Crippen molar-refractivity contribution in [1.82, 2.24) is 30.2 Å². The molecule has 3 N–H and O–H groups in total. The van der Waals surface area contributed by atoms with Crippen LogP contribution in [0.5, 0.6) is 0 Å². The van der Waals surface area contributed by atoms with E-state index < -0.39 is 6.43 Å². The number of alkyl halides is 2. The van der Waals surface area contributed by atoms with Crippen LogP contribution in [0.25, 0.3) is 16.9 Å². The lowest BCUT2D eigenvalue weighted by Gasteiger charge is -2.31. The zero-order valence-electron chi connectivity index (χ0n) is 23.2. The van der Waals surface area contributed by atoms with Gasteiger partial charge in [0, 0.05) is 37.8 Å². The van der Waals surface area contributed by atoms with Gasteiger partial charge >= 0.3 is 6.03 Å². The Balaban J connectivity index is 1.17. The Bertz CT molecular complexity index is 1500. The first-order valence-electron chi connectivity index (χ1n) is 14.4. The van der Waals surface area contributed by atoms with Gasteiger partial charge in [0.05, 0.1) is 24.2 Å². The van der Waals surface area contributed by atoms with Gasteiger partial charge in [0.25, 0.3) is 6.43 Å². The van der Waals surface area contributed by atoms with Gasteiger partial charge < -0.3 is 25.6 Å². The third-order valence-corrected chi connectivity index (χ3v) is 7.74. The number of nitrogens with one attached hydrogen (secondary N) is 3. The summed E-state index contributed by atoms with van der Waals surface area (Å²) < 4.78 is 35.2. The summed E-state index contributed by atoms with van der Waals surface area (Å²) in [5.41, 5.74) is 2.08. The number of urea groups is 1. The number of amides is 2. The van der Waals surface area contributed by atoms with E-state index in [0.29, 0.717) is 61.5 Å². The molecule has 2 aromatic heterocycles. The largest absolute Gasteiger partial charge is 0.378 e. The molecule has 2 aromatic carbocycles. The van der Waals surface area contributed by atoms with Gasteiger partial charge in [0.15, 0.2) is 5.82 Å². The van der Waals surface area contributed by atoms with E-state index in [-0.39, 0.29) is 23.9 Å². The van der Waals surface area contributed by atoms with Gasteiger partial charge in [-0.05, 0) is 43.4 Å². The lowest BCUT2D eigenvalue weighted by molar-refractivity contribution is 0.122. The molecule has 0 spiro atoms. The number of aromatic nitrogens is 4. The summed E-state index contributed by atoms with van der Waals surface area (Å²) in [6.07, 6.45) is 0.437. The molecular weight excluding hydrogens is 542 g/mol. The van der Waals surface area contributed by atoms with Crippen molar-refractivity contribution in [2.24, 2.45) is 0 Å².